The van der Waals surface area contributed by atoms with Gasteiger partial charge in [0.05, 0.1) is 19.3 Å². The number of methoxy groups -OCH3 is 1. The van der Waals surface area contributed by atoms with Gasteiger partial charge in [0.25, 0.3) is 0 Å². The van der Waals surface area contributed by atoms with Crippen molar-refractivity contribution in [2.24, 2.45) is 5.92 Å². The molecule has 3 atom stereocenters. The number of benzene rings is 2. The molecule has 7 heteroatoms. The molecule has 35 heavy (non-hydrogen) atoms. The minimum atomic E-state index is -1.02. The fourth-order valence-corrected chi connectivity index (χ4v) is 4.65. The van der Waals surface area contributed by atoms with E-state index in [-0.39, 0.29) is 24.4 Å². The van der Waals surface area contributed by atoms with Gasteiger partial charge in [0, 0.05) is 18.2 Å². The molecular formula is C28H38N2O5. The molecule has 0 saturated heterocycles. The van der Waals surface area contributed by atoms with E-state index in [1.165, 1.54) is 10.5 Å². The quantitative estimate of drug-likeness (QED) is 0.437. The SMILES string of the molecule is COc1ccc(CCN(CC(=O)O)C(=O)[C@@H]2CC[C@H](Nc3cccc(C(C)C)c3)[C@@H](O)CC2)cc1. The second-order valence-electron chi connectivity index (χ2n) is 9.70. The average molecular weight is 483 g/mol. The van der Waals surface area contributed by atoms with Crippen molar-refractivity contribution in [2.75, 3.05) is 25.5 Å². The third-order valence-corrected chi connectivity index (χ3v) is 6.82. The maximum Gasteiger partial charge on any atom is 0.323 e. The second-order valence-corrected chi connectivity index (χ2v) is 9.70. The Labute approximate surface area is 208 Å². The molecule has 1 aliphatic rings. The van der Waals surface area contributed by atoms with E-state index in [0.717, 1.165) is 17.0 Å². The summed E-state index contributed by atoms with van der Waals surface area (Å²) in [7, 11) is 1.61. The standard InChI is InChI=1S/C28H38N2O5/c1-19(2)22-5-4-6-23(17-22)29-25-13-9-21(10-14-26(25)31)28(34)30(18-27(32)33)16-15-20-7-11-24(35-3)12-8-20/h4-8,11-12,17,19,21,25-26,29,31H,9-10,13-16,18H2,1-3H3,(H,32,33)/t21-,25+,26+/m1/s1. The van der Waals surface area contributed by atoms with E-state index in [0.29, 0.717) is 44.6 Å². The highest BCUT2D eigenvalue weighted by atomic mass is 16.5. The third kappa shape index (κ3) is 7.72. The molecule has 2 aromatic rings. The first-order valence-corrected chi connectivity index (χ1v) is 12.4. The van der Waals surface area contributed by atoms with Crippen LogP contribution in [0.15, 0.2) is 48.5 Å². The molecule has 1 fully saturated rings. The first-order valence-electron chi connectivity index (χ1n) is 12.4. The van der Waals surface area contributed by atoms with E-state index in [2.05, 4.69) is 31.3 Å². The summed E-state index contributed by atoms with van der Waals surface area (Å²) in [5.74, 6) is -0.296. The van der Waals surface area contributed by atoms with Crippen molar-refractivity contribution in [2.45, 2.75) is 64.0 Å². The van der Waals surface area contributed by atoms with Crippen LogP contribution in [0, 0.1) is 5.92 Å². The number of carboxylic acid groups (broad SMARTS) is 1. The number of aliphatic carboxylic acids is 1. The van der Waals surface area contributed by atoms with Gasteiger partial charge in [-0.05, 0) is 73.4 Å². The van der Waals surface area contributed by atoms with Gasteiger partial charge in [-0.1, -0.05) is 38.1 Å². The number of amides is 1. The molecule has 3 N–H and O–H groups in total. The number of carbonyl (C=O) groups is 2. The first kappa shape index (κ1) is 26.5. The molecular weight excluding hydrogens is 444 g/mol. The van der Waals surface area contributed by atoms with Crippen LogP contribution in [0.5, 0.6) is 5.75 Å². The number of carbonyl (C=O) groups excluding carboxylic acids is 1. The third-order valence-electron chi connectivity index (χ3n) is 6.82. The molecule has 1 aliphatic carbocycles. The molecule has 1 amide bonds. The summed E-state index contributed by atoms with van der Waals surface area (Å²) in [6.45, 7) is 4.30. The Hall–Kier alpha value is -3.06. The van der Waals surface area contributed by atoms with Gasteiger partial charge in [0.1, 0.15) is 12.3 Å². The number of nitrogens with one attached hydrogen (secondary N) is 1. The van der Waals surface area contributed by atoms with Crippen molar-refractivity contribution in [1.82, 2.24) is 4.90 Å². The molecule has 0 unspecified atom stereocenters. The number of aliphatic hydroxyl groups excluding tert-OH is 1. The molecule has 0 bridgehead atoms. The molecule has 0 aliphatic heterocycles. The Kier molecular flexibility index (Phi) is 9.55. The number of hydrogen-bond donors (Lipinski definition) is 3. The number of hydrogen-bond acceptors (Lipinski definition) is 5. The Bertz CT molecular complexity index is 976. The van der Waals surface area contributed by atoms with Crippen molar-refractivity contribution in [1.29, 1.82) is 0 Å². The van der Waals surface area contributed by atoms with Crippen molar-refractivity contribution < 1.29 is 24.5 Å². The van der Waals surface area contributed by atoms with Crippen LogP contribution in [0.3, 0.4) is 0 Å². The predicted octanol–water partition coefficient (Wildman–Crippen LogP) is 4.31. The largest absolute Gasteiger partial charge is 0.497 e. The lowest BCUT2D eigenvalue weighted by atomic mass is 9.98. The topological polar surface area (TPSA) is 99.1 Å². The molecule has 2 aromatic carbocycles. The summed E-state index contributed by atoms with van der Waals surface area (Å²) in [5, 5.41) is 23.6. The maximum atomic E-state index is 13.3. The highest BCUT2D eigenvalue weighted by Crippen LogP contribution is 2.28. The minimum absolute atomic E-state index is 0.143. The van der Waals surface area contributed by atoms with Gasteiger partial charge in [-0.3, -0.25) is 9.59 Å². The highest BCUT2D eigenvalue weighted by Gasteiger charge is 2.32. The molecule has 7 nitrogen and oxygen atoms in total. The molecule has 0 heterocycles. The van der Waals surface area contributed by atoms with E-state index in [9.17, 15) is 19.8 Å². The fraction of sp³-hybridized carbons (Fsp3) is 0.500. The van der Waals surface area contributed by atoms with Crippen molar-refractivity contribution in [3.05, 3.63) is 59.7 Å². The zero-order valence-electron chi connectivity index (χ0n) is 20.9. The summed E-state index contributed by atoms with van der Waals surface area (Å²) in [6, 6.07) is 15.6. The minimum Gasteiger partial charge on any atom is -0.497 e. The number of nitrogens with zero attached hydrogens (tertiary/aromatic N) is 1. The molecule has 0 spiro atoms. The van der Waals surface area contributed by atoms with Gasteiger partial charge in [-0.15, -0.1) is 0 Å². The average Bonchev–Trinajstić information content (AvgIpc) is 3.03. The van der Waals surface area contributed by atoms with Crippen molar-refractivity contribution >= 4 is 17.6 Å². The van der Waals surface area contributed by atoms with Crippen LogP contribution in [0.1, 0.15) is 56.6 Å². The second kappa shape index (κ2) is 12.6. The fourth-order valence-electron chi connectivity index (χ4n) is 4.65. The van der Waals surface area contributed by atoms with Gasteiger partial charge < -0.3 is 25.2 Å². The summed E-state index contributed by atoms with van der Waals surface area (Å²) in [5.41, 5.74) is 3.21. The number of anilines is 1. The van der Waals surface area contributed by atoms with Crippen LogP contribution < -0.4 is 10.1 Å². The van der Waals surface area contributed by atoms with Gasteiger partial charge in [-0.2, -0.15) is 0 Å². The van der Waals surface area contributed by atoms with Crippen LogP contribution in [0.2, 0.25) is 0 Å². The Morgan fingerprint density at radius 3 is 2.46 bits per heavy atom. The van der Waals surface area contributed by atoms with Crippen LogP contribution in [0.4, 0.5) is 5.69 Å². The predicted molar refractivity (Wildman–Crippen MR) is 137 cm³/mol. The Balaban J connectivity index is 1.62. The van der Waals surface area contributed by atoms with Gasteiger partial charge in [0.15, 0.2) is 0 Å². The lowest BCUT2D eigenvalue weighted by Crippen LogP contribution is -2.41. The lowest BCUT2D eigenvalue weighted by molar-refractivity contribution is -0.146. The molecule has 3 rings (SSSR count). The highest BCUT2D eigenvalue weighted by molar-refractivity contribution is 5.83. The van der Waals surface area contributed by atoms with Gasteiger partial charge in [-0.25, -0.2) is 0 Å². The summed E-state index contributed by atoms with van der Waals surface area (Å²) in [6.07, 6.45) is 2.29. The number of carboxylic acids is 1. The van der Waals surface area contributed by atoms with Crippen LogP contribution >= 0.6 is 0 Å². The zero-order chi connectivity index (χ0) is 25.4. The first-order chi connectivity index (χ1) is 16.8. The number of aliphatic hydroxyl groups is 1. The number of ether oxygens (including phenoxy) is 1. The Morgan fingerprint density at radius 1 is 1.09 bits per heavy atom. The van der Waals surface area contributed by atoms with E-state index in [1.807, 2.05) is 36.4 Å². The van der Waals surface area contributed by atoms with E-state index < -0.39 is 12.1 Å². The Morgan fingerprint density at radius 2 is 1.80 bits per heavy atom. The van der Waals surface area contributed by atoms with E-state index in [4.69, 9.17) is 4.74 Å². The molecule has 1 saturated carbocycles. The van der Waals surface area contributed by atoms with Gasteiger partial charge >= 0.3 is 5.97 Å². The number of rotatable bonds is 10. The van der Waals surface area contributed by atoms with Gasteiger partial charge in [0.2, 0.25) is 5.91 Å². The molecule has 0 radical (unpaired) electrons. The lowest BCUT2D eigenvalue weighted by Gasteiger charge is -2.26. The smallest absolute Gasteiger partial charge is 0.323 e. The van der Waals surface area contributed by atoms with Crippen LogP contribution in [-0.2, 0) is 16.0 Å². The van der Waals surface area contributed by atoms with E-state index >= 15 is 0 Å². The van der Waals surface area contributed by atoms with Crippen LogP contribution in [-0.4, -0.2) is 59.3 Å². The van der Waals surface area contributed by atoms with Crippen molar-refractivity contribution in [3.63, 3.8) is 0 Å². The van der Waals surface area contributed by atoms with Crippen LogP contribution in [0.25, 0.3) is 0 Å². The molecule has 190 valence electrons. The summed E-state index contributed by atoms with van der Waals surface area (Å²) < 4.78 is 5.18. The zero-order valence-corrected chi connectivity index (χ0v) is 20.9. The monoisotopic (exact) mass is 482 g/mol. The maximum absolute atomic E-state index is 13.3. The molecule has 0 aromatic heterocycles. The van der Waals surface area contributed by atoms with E-state index in [1.54, 1.807) is 7.11 Å². The van der Waals surface area contributed by atoms with Crippen molar-refractivity contribution in [3.8, 4) is 5.75 Å². The summed E-state index contributed by atoms with van der Waals surface area (Å²) >= 11 is 0. The summed E-state index contributed by atoms with van der Waals surface area (Å²) in [4.78, 5) is 26.3. The normalized spacial score (nSPS) is 20.2.